The molecule has 0 heterocycles. The Morgan fingerprint density at radius 3 is 2.61 bits per heavy atom. The fourth-order valence-electron chi connectivity index (χ4n) is 1.76. The highest BCUT2D eigenvalue weighted by atomic mass is 16.2. The second kappa shape index (κ2) is 8.42. The van der Waals surface area contributed by atoms with Gasteiger partial charge in [0.15, 0.2) is 0 Å². The van der Waals surface area contributed by atoms with Crippen LogP contribution in [0.3, 0.4) is 0 Å². The van der Waals surface area contributed by atoms with Gasteiger partial charge in [-0.05, 0) is 25.5 Å². The number of unbranched alkanes of at least 4 members (excludes halogenated alkanes) is 2. The highest BCUT2D eigenvalue weighted by Gasteiger charge is 2.17. The molecule has 0 fully saturated rings. The van der Waals surface area contributed by atoms with Crippen molar-refractivity contribution in [3.63, 3.8) is 0 Å². The van der Waals surface area contributed by atoms with Gasteiger partial charge in [0.05, 0.1) is 0 Å². The average Bonchev–Trinajstić information content (AvgIpc) is 2.40. The molecule has 1 atom stereocenters. The molecule has 0 saturated heterocycles. The third-order valence-corrected chi connectivity index (χ3v) is 2.73. The van der Waals surface area contributed by atoms with Gasteiger partial charge in [-0.15, -0.1) is 0 Å². The van der Waals surface area contributed by atoms with Crippen molar-refractivity contribution >= 4 is 12.2 Å². The molecule has 18 heavy (non-hydrogen) atoms. The molecule has 0 aliphatic carbocycles. The molecule has 0 aromatic heterocycles. The fraction of sp³-hybridized carbons (Fsp3) is 0.429. The molecule has 98 valence electrons. The van der Waals surface area contributed by atoms with Crippen molar-refractivity contribution in [2.45, 2.75) is 25.3 Å². The lowest BCUT2D eigenvalue weighted by molar-refractivity contribution is -0.123. The summed E-state index contributed by atoms with van der Waals surface area (Å²) in [5, 5.41) is 5.88. The molecular weight excluding hydrogens is 228 g/mol. The zero-order valence-electron chi connectivity index (χ0n) is 10.7. The van der Waals surface area contributed by atoms with Crippen LogP contribution in [0, 0.1) is 0 Å². The number of nitrogens with one attached hydrogen (secondary N) is 2. The molecule has 1 aromatic carbocycles. The Bertz CT molecular complexity index is 365. The second-order valence-electron chi connectivity index (χ2n) is 4.09. The maximum atomic E-state index is 12.0. The van der Waals surface area contributed by atoms with Crippen LogP contribution in [0.1, 0.15) is 30.9 Å². The molecule has 4 heteroatoms. The number of amides is 1. The molecule has 0 radical (unpaired) electrons. The van der Waals surface area contributed by atoms with Gasteiger partial charge in [-0.25, -0.2) is 0 Å². The van der Waals surface area contributed by atoms with Crippen molar-refractivity contribution in [2.24, 2.45) is 0 Å². The summed E-state index contributed by atoms with van der Waals surface area (Å²) in [6, 6.07) is 9.28. The van der Waals surface area contributed by atoms with Crippen molar-refractivity contribution in [2.75, 3.05) is 13.6 Å². The van der Waals surface area contributed by atoms with Crippen LogP contribution in [-0.4, -0.2) is 25.8 Å². The van der Waals surface area contributed by atoms with E-state index >= 15 is 0 Å². The molecule has 0 bridgehead atoms. The van der Waals surface area contributed by atoms with Crippen molar-refractivity contribution < 1.29 is 9.59 Å². The minimum Gasteiger partial charge on any atom is -0.354 e. The van der Waals surface area contributed by atoms with Crippen LogP contribution >= 0.6 is 0 Å². The molecule has 0 spiro atoms. The summed E-state index contributed by atoms with van der Waals surface area (Å²) in [5.74, 6) is -0.0326. The number of hydrogen-bond acceptors (Lipinski definition) is 3. The lowest BCUT2D eigenvalue weighted by Crippen LogP contribution is -2.36. The minimum atomic E-state index is -0.322. The average molecular weight is 248 g/mol. The van der Waals surface area contributed by atoms with E-state index in [2.05, 4.69) is 10.6 Å². The van der Waals surface area contributed by atoms with Gasteiger partial charge >= 0.3 is 0 Å². The Morgan fingerprint density at radius 2 is 2.00 bits per heavy atom. The zero-order chi connectivity index (χ0) is 13.2. The Kier molecular flexibility index (Phi) is 6.72. The molecule has 1 unspecified atom stereocenters. The van der Waals surface area contributed by atoms with Crippen LogP contribution in [0.4, 0.5) is 0 Å². The van der Waals surface area contributed by atoms with E-state index in [0.29, 0.717) is 13.0 Å². The molecule has 4 nitrogen and oxygen atoms in total. The van der Waals surface area contributed by atoms with Crippen LogP contribution in [0.25, 0.3) is 0 Å². The molecule has 0 saturated carbocycles. The summed E-state index contributed by atoms with van der Waals surface area (Å²) in [6.07, 6.45) is 3.11. The summed E-state index contributed by atoms with van der Waals surface area (Å²) >= 11 is 0. The van der Waals surface area contributed by atoms with E-state index in [1.807, 2.05) is 30.3 Å². The third-order valence-electron chi connectivity index (χ3n) is 2.73. The minimum absolute atomic E-state index is 0.0326. The summed E-state index contributed by atoms with van der Waals surface area (Å²) in [5.41, 5.74) is 0.949. The van der Waals surface area contributed by atoms with Gasteiger partial charge in [-0.2, -0.15) is 0 Å². The van der Waals surface area contributed by atoms with E-state index in [4.69, 9.17) is 0 Å². The van der Waals surface area contributed by atoms with Crippen LogP contribution in [0.5, 0.6) is 0 Å². The number of likely N-dealkylation sites (N-methyl/N-ethyl adjacent to an activating group) is 1. The van der Waals surface area contributed by atoms with Crippen LogP contribution in [0.15, 0.2) is 30.3 Å². The van der Waals surface area contributed by atoms with E-state index in [9.17, 15) is 9.59 Å². The Hall–Kier alpha value is -1.68. The third kappa shape index (κ3) is 4.67. The fourth-order valence-corrected chi connectivity index (χ4v) is 1.76. The lowest BCUT2D eigenvalue weighted by atomic mass is 10.1. The van der Waals surface area contributed by atoms with Gasteiger partial charge in [-0.1, -0.05) is 30.3 Å². The summed E-state index contributed by atoms with van der Waals surface area (Å²) < 4.78 is 0. The normalized spacial score (nSPS) is 11.8. The first-order valence-corrected chi connectivity index (χ1v) is 6.23. The van der Waals surface area contributed by atoms with Gasteiger partial charge in [-0.3, -0.25) is 4.79 Å². The van der Waals surface area contributed by atoms with Gasteiger partial charge < -0.3 is 15.4 Å². The number of carbonyl (C=O) groups is 2. The zero-order valence-corrected chi connectivity index (χ0v) is 10.7. The maximum Gasteiger partial charge on any atom is 0.241 e. The van der Waals surface area contributed by atoms with E-state index in [0.717, 1.165) is 24.7 Å². The standard InChI is InChI=1S/C14H20N2O2/c1-15-13(12-8-4-2-5-9-12)14(18)16-10-6-3-7-11-17/h2,4-5,8-9,11,13,15H,3,6-7,10H2,1H3,(H,16,18). The van der Waals surface area contributed by atoms with Crippen molar-refractivity contribution in [1.82, 2.24) is 10.6 Å². The first-order valence-electron chi connectivity index (χ1n) is 6.23. The maximum absolute atomic E-state index is 12.0. The van der Waals surface area contributed by atoms with E-state index in [-0.39, 0.29) is 11.9 Å². The number of carbonyl (C=O) groups excluding carboxylic acids is 2. The van der Waals surface area contributed by atoms with Crippen molar-refractivity contribution in [3.8, 4) is 0 Å². The first kappa shape index (κ1) is 14.4. The number of hydrogen-bond donors (Lipinski definition) is 2. The van der Waals surface area contributed by atoms with Gasteiger partial charge in [0.25, 0.3) is 0 Å². The number of benzene rings is 1. The van der Waals surface area contributed by atoms with Crippen LogP contribution in [0.2, 0.25) is 0 Å². The van der Waals surface area contributed by atoms with E-state index in [1.165, 1.54) is 0 Å². The smallest absolute Gasteiger partial charge is 0.241 e. The highest BCUT2D eigenvalue weighted by Crippen LogP contribution is 2.11. The van der Waals surface area contributed by atoms with Gasteiger partial charge in [0.1, 0.15) is 12.3 Å². The van der Waals surface area contributed by atoms with Gasteiger partial charge in [0, 0.05) is 13.0 Å². The predicted molar refractivity (Wildman–Crippen MR) is 71.2 cm³/mol. The largest absolute Gasteiger partial charge is 0.354 e. The van der Waals surface area contributed by atoms with Crippen molar-refractivity contribution in [1.29, 1.82) is 0 Å². The Balaban J connectivity index is 2.41. The predicted octanol–water partition coefficient (Wildman–Crippen LogP) is 1.43. The SMILES string of the molecule is CNC(C(=O)NCCCCC=O)c1ccccc1. The van der Waals surface area contributed by atoms with E-state index < -0.39 is 0 Å². The lowest BCUT2D eigenvalue weighted by Gasteiger charge is -2.16. The van der Waals surface area contributed by atoms with Crippen LogP contribution < -0.4 is 10.6 Å². The molecule has 1 amide bonds. The highest BCUT2D eigenvalue weighted by molar-refractivity contribution is 5.83. The van der Waals surface area contributed by atoms with Crippen molar-refractivity contribution in [3.05, 3.63) is 35.9 Å². The molecular formula is C14H20N2O2. The molecule has 2 N–H and O–H groups in total. The quantitative estimate of drug-likeness (QED) is 0.540. The summed E-state index contributed by atoms with van der Waals surface area (Å²) in [6.45, 7) is 0.609. The summed E-state index contributed by atoms with van der Waals surface area (Å²) in [7, 11) is 1.77. The van der Waals surface area contributed by atoms with Gasteiger partial charge in [0.2, 0.25) is 5.91 Å². The first-order chi connectivity index (χ1) is 8.79. The molecule has 1 aromatic rings. The molecule has 1 rings (SSSR count). The monoisotopic (exact) mass is 248 g/mol. The second-order valence-corrected chi connectivity index (χ2v) is 4.09. The topological polar surface area (TPSA) is 58.2 Å². The molecule has 0 aliphatic rings. The number of rotatable bonds is 8. The summed E-state index contributed by atoms with van der Waals surface area (Å²) in [4.78, 5) is 22.1. The number of aldehydes is 1. The van der Waals surface area contributed by atoms with Crippen LogP contribution in [-0.2, 0) is 9.59 Å². The van der Waals surface area contributed by atoms with E-state index in [1.54, 1.807) is 7.05 Å². The Morgan fingerprint density at radius 1 is 1.28 bits per heavy atom. The Labute approximate surface area is 108 Å². The molecule has 0 aliphatic heterocycles.